The fraction of sp³-hybridized carbons (Fsp3) is 0.556. The lowest BCUT2D eigenvalue weighted by molar-refractivity contribution is -0.138. The van der Waals surface area contributed by atoms with Gasteiger partial charge in [-0.3, -0.25) is 13.6 Å². The summed E-state index contributed by atoms with van der Waals surface area (Å²) in [5.41, 5.74) is 0. The first kappa shape index (κ1) is 30.1. The van der Waals surface area contributed by atoms with Crippen molar-refractivity contribution in [2.75, 3.05) is 59.3 Å². The van der Waals surface area contributed by atoms with E-state index in [4.69, 9.17) is 23.0 Å². The smallest absolute Gasteiger partial charge is 0.461 e. The summed E-state index contributed by atoms with van der Waals surface area (Å²) in [5, 5.41) is 4.64. The van der Waals surface area contributed by atoms with Crippen LogP contribution in [0, 0.1) is 0 Å². The van der Waals surface area contributed by atoms with Gasteiger partial charge in [-0.1, -0.05) is 13.2 Å². The van der Waals surface area contributed by atoms with Crippen molar-refractivity contribution >= 4 is 31.9 Å². The van der Waals surface area contributed by atoms with Gasteiger partial charge in [-0.15, -0.1) is 0 Å². The van der Waals surface area contributed by atoms with E-state index in [1.807, 2.05) is 0 Å². The molecule has 0 atom stereocenters. The van der Waals surface area contributed by atoms with E-state index in [9.17, 15) is 23.7 Å². The molecule has 0 aliphatic carbocycles. The van der Waals surface area contributed by atoms with Gasteiger partial charge in [-0.2, -0.15) is 0 Å². The quantitative estimate of drug-likeness (QED) is 0.0910. The van der Waals surface area contributed by atoms with Gasteiger partial charge in [0.15, 0.2) is 0 Å². The second-order valence-electron chi connectivity index (χ2n) is 5.40. The van der Waals surface area contributed by atoms with Gasteiger partial charge in [-0.05, 0) is 6.92 Å². The summed E-state index contributed by atoms with van der Waals surface area (Å²) in [6.45, 7) is 6.79. The standard InChI is InChI=1S/C18H29N2O12P/c1-4-15(21)26-9-7-19-17(23)28-11-13-31-33(25,30-6-3)32-14-12-29-18(24)20-8-10-27-16(22)5-2/h4-5H,1-2,6-14H2,3H3,(H,19,23)(H,20,24). The molecule has 0 bridgehead atoms. The molecule has 0 aliphatic rings. The zero-order valence-electron chi connectivity index (χ0n) is 18.3. The predicted molar refractivity (Wildman–Crippen MR) is 112 cm³/mol. The second kappa shape index (κ2) is 18.6. The Hall–Kier alpha value is -2.93. The molecular formula is C18H29N2O12P. The molecule has 0 unspecified atom stereocenters. The molecule has 0 fully saturated rings. The molecule has 33 heavy (non-hydrogen) atoms. The van der Waals surface area contributed by atoms with E-state index in [2.05, 4.69) is 33.3 Å². The van der Waals surface area contributed by atoms with Crippen LogP contribution in [0.4, 0.5) is 9.59 Å². The Kier molecular flexibility index (Phi) is 17.0. The van der Waals surface area contributed by atoms with E-state index in [1.54, 1.807) is 6.92 Å². The van der Waals surface area contributed by atoms with E-state index in [0.717, 1.165) is 12.2 Å². The van der Waals surface area contributed by atoms with Crippen LogP contribution in [0.2, 0.25) is 0 Å². The van der Waals surface area contributed by atoms with Gasteiger partial charge in [-0.25, -0.2) is 23.7 Å². The van der Waals surface area contributed by atoms with Gasteiger partial charge in [0, 0.05) is 12.2 Å². The summed E-state index contributed by atoms with van der Waals surface area (Å²) >= 11 is 0. The molecule has 188 valence electrons. The lowest BCUT2D eigenvalue weighted by Gasteiger charge is -2.17. The minimum absolute atomic E-state index is 0.00677. The summed E-state index contributed by atoms with van der Waals surface area (Å²) < 4.78 is 46.3. The molecule has 0 saturated carbocycles. The number of rotatable bonds is 18. The van der Waals surface area contributed by atoms with Gasteiger partial charge >= 0.3 is 31.9 Å². The van der Waals surface area contributed by atoms with Crippen LogP contribution in [-0.2, 0) is 46.7 Å². The average molecular weight is 496 g/mol. The van der Waals surface area contributed by atoms with Gasteiger partial charge in [0.2, 0.25) is 0 Å². The predicted octanol–water partition coefficient (Wildman–Crippen LogP) is 1.08. The number of nitrogens with one attached hydrogen (secondary N) is 2. The number of hydrogen-bond acceptors (Lipinski definition) is 12. The molecule has 14 nitrogen and oxygen atoms in total. The average Bonchev–Trinajstić information content (AvgIpc) is 2.80. The third kappa shape index (κ3) is 17.3. The maximum Gasteiger partial charge on any atom is 0.475 e. The van der Waals surface area contributed by atoms with Gasteiger partial charge < -0.3 is 29.6 Å². The summed E-state index contributed by atoms with van der Waals surface area (Å²) in [4.78, 5) is 44.6. The Balaban J connectivity index is 4.00. The van der Waals surface area contributed by atoms with Crippen LogP contribution in [-0.4, -0.2) is 83.5 Å². The maximum atomic E-state index is 12.4. The summed E-state index contributed by atoms with van der Waals surface area (Å²) in [6.07, 6.45) is 0.363. The number of ether oxygens (including phenoxy) is 4. The van der Waals surface area contributed by atoms with Crippen molar-refractivity contribution in [1.82, 2.24) is 10.6 Å². The highest BCUT2D eigenvalue weighted by molar-refractivity contribution is 7.48. The van der Waals surface area contributed by atoms with Crippen molar-refractivity contribution in [2.45, 2.75) is 6.92 Å². The molecule has 0 rings (SSSR count). The summed E-state index contributed by atoms with van der Waals surface area (Å²) in [5.74, 6) is -1.24. The highest BCUT2D eigenvalue weighted by atomic mass is 31.2. The monoisotopic (exact) mass is 496 g/mol. The zero-order chi connectivity index (χ0) is 25.0. The Morgan fingerprint density at radius 2 is 1.12 bits per heavy atom. The summed E-state index contributed by atoms with van der Waals surface area (Å²) in [6, 6.07) is 0. The Morgan fingerprint density at radius 3 is 1.48 bits per heavy atom. The van der Waals surface area contributed by atoms with Crippen molar-refractivity contribution in [3.05, 3.63) is 25.3 Å². The highest BCUT2D eigenvalue weighted by Gasteiger charge is 2.26. The molecule has 0 aliphatic heterocycles. The lowest BCUT2D eigenvalue weighted by atomic mass is 10.6. The van der Waals surface area contributed by atoms with Crippen LogP contribution in [0.25, 0.3) is 0 Å². The number of phosphoric acid groups is 1. The van der Waals surface area contributed by atoms with Crippen molar-refractivity contribution in [2.24, 2.45) is 0 Å². The molecule has 0 heterocycles. The van der Waals surface area contributed by atoms with E-state index in [1.165, 1.54) is 0 Å². The Labute approximate surface area is 191 Å². The third-order valence-electron chi connectivity index (χ3n) is 2.98. The highest BCUT2D eigenvalue weighted by Crippen LogP contribution is 2.49. The van der Waals surface area contributed by atoms with E-state index >= 15 is 0 Å². The summed E-state index contributed by atoms with van der Waals surface area (Å²) in [7, 11) is -3.98. The number of amides is 2. The first-order valence-electron chi connectivity index (χ1n) is 9.69. The number of carbonyl (C=O) groups excluding carboxylic acids is 4. The molecule has 2 amide bonds. The first-order valence-corrected chi connectivity index (χ1v) is 11.2. The third-order valence-corrected chi connectivity index (χ3v) is 4.56. The number of alkyl carbamates (subject to hydrolysis) is 2. The molecule has 0 spiro atoms. The van der Waals surface area contributed by atoms with Crippen LogP contribution in [0.15, 0.2) is 25.3 Å². The molecule has 0 aromatic rings. The fourth-order valence-corrected chi connectivity index (χ4v) is 2.80. The SMILES string of the molecule is C=CC(=O)OCCNC(=O)OCCOP(=O)(OCC)OCCOC(=O)NCCOC(=O)C=C. The Morgan fingerprint density at radius 1 is 0.697 bits per heavy atom. The molecule has 0 saturated heterocycles. The number of carbonyl (C=O) groups is 4. The maximum absolute atomic E-state index is 12.4. The van der Waals surface area contributed by atoms with Crippen LogP contribution < -0.4 is 10.6 Å². The van der Waals surface area contributed by atoms with Crippen molar-refractivity contribution in [1.29, 1.82) is 0 Å². The molecule has 0 radical (unpaired) electrons. The van der Waals surface area contributed by atoms with Crippen LogP contribution in [0.5, 0.6) is 0 Å². The molecule has 15 heteroatoms. The lowest BCUT2D eigenvalue weighted by Crippen LogP contribution is -2.29. The Bertz CT molecular complexity index is 648. The molecule has 2 N–H and O–H groups in total. The van der Waals surface area contributed by atoms with Crippen molar-refractivity contribution < 1.29 is 56.3 Å². The van der Waals surface area contributed by atoms with Gasteiger partial charge in [0.25, 0.3) is 0 Å². The second-order valence-corrected chi connectivity index (χ2v) is 7.07. The number of hydrogen-bond donors (Lipinski definition) is 2. The van der Waals surface area contributed by atoms with Crippen LogP contribution in [0.1, 0.15) is 6.92 Å². The van der Waals surface area contributed by atoms with Crippen LogP contribution >= 0.6 is 7.82 Å². The van der Waals surface area contributed by atoms with Crippen molar-refractivity contribution in [3.8, 4) is 0 Å². The molecule has 0 aromatic heterocycles. The van der Waals surface area contributed by atoms with E-state index < -0.39 is 31.9 Å². The normalized spacial score (nSPS) is 10.5. The van der Waals surface area contributed by atoms with Crippen molar-refractivity contribution in [3.63, 3.8) is 0 Å². The largest absolute Gasteiger partial charge is 0.475 e. The van der Waals surface area contributed by atoms with E-state index in [-0.39, 0.29) is 59.3 Å². The zero-order valence-corrected chi connectivity index (χ0v) is 19.2. The minimum Gasteiger partial charge on any atom is -0.461 e. The van der Waals surface area contributed by atoms with Crippen LogP contribution in [0.3, 0.4) is 0 Å². The van der Waals surface area contributed by atoms with Gasteiger partial charge in [0.1, 0.15) is 26.4 Å². The first-order chi connectivity index (χ1) is 15.8. The minimum atomic E-state index is -3.98. The van der Waals surface area contributed by atoms with Gasteiger partial charge in [0.05, 0.1) is 32.9 Å². The molecule has 0 aromatic carbocycles. The fourth-order valence-electron chi connectivity index (χ4n) is 1.67. The molecular weight excluding hydrogens is 467 g/mol. The number of phosphoric ester groups is 1. The topological polar surface area (TPSA) is 174 Å². The van der Waals surface area contributed by atoms with E-state index in [0.29, 0.717) is 0 Å². The number of esters is 2.